The van der Waals surface area contributed by atoms with Gasteiger partial charge in [0.1, 0.15) is 0 Å². The average molecular weight is 1830 g/mol. The molecular weight excluding hydrogens is 1750 g/mol. The van der Waals surface area contributed by atoms with Crippen LogP contribution in [0.5, 0.6) is 0 Å². The standard InChI is InChI=1S/C138H80S3/c1-4-28-82(29-5-1)131-105-40-16-21-45-110(105)134(111-46-22-17-41-106(111)131)93-63-69-128-125(77-93)137-104(52-27-53-129(137)140-128)97-50-26-51-101-102(97)64-58-81-54-55-85(70-116(81)101)86-59-66-115-123(71-86)135(112-47-23-18-42-107(112)133(115)84-32-8-3-9-33-84)92-62-68-127-122(76-92)121-75-89(61-67-126(121)139-127)117-73-88-56-57-90(74-118(88)100-39-15-14-38-99(100)117)120-78-94(136-113-48-24-19-43-108(113)132(83-30-6-2-7-31-83)109-44-20-25-49-114(109)136)79-124-103-65-60-91(80-130(103)141-138(120)124)119-72-87-34-10-11-35-95(87)96-36-12-13-37-98(96)119/h1-80H. The molecule has 0 N–H and O–H groups in total. The fourth-order valence-corrected chi connectivity index (χ4v) is 27.7. The minimum absolute atomic E-state index is 1.17. The summed E-state index contributed by atoms with van der Waals surface area (Å²) in [6.45, 7) is 0. The van der Waals surface area contributed by atoms with E-state index in [1.807, 2.05) is 34.0 Å². The van der Waals surface area contributed by atoms with Gasteiger partial charge >= 0.3 is 0 Å². The van der Waals surface area contributed by atoms with E-state index in [1.54, 1.807) is 0 Å². The molecule has 650 valence electrons. The van der Waals surface area contributed by atoms with E-state index in [4.69, 9.17) is 0 Å². The Labute approximate surface area is 824 Å². The number of fused-ring (bicyclic) bond motifs is 24. The van der Waals surface area contributed by atoms with Gasteiger partial charge in [-0.15, -0.1) is 34.0 Å². The summed E-state index contributed by atoms with van der Waals surface area (Å²) in [5, 5.41) is 37.4. The number of rotatable bonds is 11. The minimum Gasteiger partial charge on any atom is -0.135 e. The first-order valence-electron chi connectivity index (χ1n) is 48.7. The molecule has 0 nitrogen and oxygen atoms in total. The summed E-state index contributed by atoms with van der Waals surface area (Å²) in [6, 6.07) is 184. The van der Waals surface area contributed by atoms with Crippen molar-refractivity contribution in [2.45, 2.75) is 0 Å². The Morgan fingerprint density at radius 2 is 0.426 bits per heavy atom. The van der Waals surface area contributed by atoms with Gasteiger partial charge < -0.3 is 0 Å². The lowest BCUT2D eigenvalue weighted by molar-refractivity contribution is 1.65. The third kappa shape index (κ3) is 12.5. The summed E-state index contributed by atoms with van der Waals surface area (Å²) in [7, 11) is 0. The van der Waals surface area contributed by atoms with Crippen molar-refractivity contribution in [1.82, 2.24) is 0 Å². The van der Waals surface area contributed by atoms with E-state index in [9.17, 15) is 0 Å². The molecule has 3 heteroatoms. The van der Waals surface area contributed by atoms with Crippen molar-refractivity contribution in [2.75, 3.05) is 0 Å². The Bertz CT molecular complexity index is 10500. The fraction of sp³-hybridized carbons (Fsp3) is 0. The predicted molar refractivity (Wildman–Crippen MR) is 615 cm³/mol. The summed E-state index contributed by atoms with van der Waals surface area (Å²) in [5.41, 5.74) is 26.9. The minimum atomic E-state index is 1.17. The first-order valence-corrected chi connectivity index (χ1v) is 51.1. The highest BCUT2D eigenvalue weighted by molar-refractivity contribution is 7.27. The van der Waals surface area contributed by atoms with Gasteiger partial charge in [0.15, 0.2) is 0 Å². The Morgan fingerprint density at radius 1 is 0.106 bits per heavy atom. The normalized spacial score (nSPS) is 12.1. The molecule has 30 aromatic rings. The Balaban J connectivity index is 0.548. The van der Waals surface area contributed by atoms with Gasteiger partial charge in [0.05, 0.1) is 0 Å². The van der Waals surface area contributed by atoms with Crippen LogP contribution in [0.3, 0.4) is 0 Å². The third-order valence-corrected chi connectivity index (χ3v) is 34.0. The van der Waals surface area contributed by atoms with Crippen molar-refractivity contribution in [3.63, 3.8) is 0 Å². The summed E-state index contributed by atoms with van der Waals surface area (Å²) < 4.78 is 7.65. The van der Waals surface area contributed by atoms with Gasteiger partial charge in [0.2, 0.25) is 0 Å². The first-order chi connectivity index (χ1) is 69.9. The number of benzene rings is 27. The molecule has 0 spiro atoms. The van der Waals surface area contributed by atoms with Crippen molar-refractivity contribution in [2.24, 2.45) is 0 Å². The van der Waals surface area contributed by atoms with Gasteiger partial charge in [-0.1, -0.05) is 394 Å². The predicted octanol–water partition coefficient (Wildman–Crippen LogP) is 41.0. The Morgan fingerprint density at radius 3 is 0.993 bits per heavy atom. The summed E-state index contributed by atoms with van der Waals surface area (Å²) in [4.78, 5) is 0. The van der Waals surface area contributed by atoms with Crippen molar-refractivity contribution >= 4 is 224 Å². The molecule has 30 rings (SSSR count). The molecule has 0 amide bonds. The second kappa shape index (κ2) is 31.6. The van der Waals surface area contributed by atoms with Crippen LogP contribution in [-0.2, 0) is 0 Å². The molecule has 0 aliphatic heterocycles. The maximum absolute atomic E-state index is 2.52. The highest BCUT2D eigenvalue weighted by atomic mass is 32.1. The molecule has 0 saturated heterocycles. The van der Waals surface area contributed by atoms with Crippen LogP contribution in [0.15, 0.2) is 485 Å². The maximum Gasteiger partial charge on any atom is 0.0434 e. The van der Waals surface area contributed by atoms with E-state index < -0.39 is 0 Å². The zero-order valence-electron chi connectivity index (χ0n) is 76.4. The van der Waals surface area contributed by atoms with Crippen molar-refractivity contribution in [1.29, 1.82) is 0 Å². The average Bonchev–Trinajstić information content (AvgIpc) is 1.66. The SMILES string of the molecule is c1ccc(-c2c3ccccc3c(-c3cc(-c4ccc5cc(-c6ccc7sc8ccc(-c9c%10ccccc%10c(-c%10ccccc%10)c%10ccc(-c%11ccc%12ccc%13c(-c%14cccc%15sc%16ccc(-c%17c%18ccccc%18c(-c%18ccccc%18)c%18ccccc%17%18)cc%16c%14%15)cccc%13c%12c%11)cc9%10)cc8c7c6)c6ccccc6c5c4)c4sc5cc(-c6cc7ccccc7c7ccccc67)ccc5c4c3)c3ccccc23)cc1. The monoisotopic (exact) mass is 1830 g/mol. The van der Waals surface area contributed by atoms with Crippen LogP contribution in [-0.4, -0.2) is 0 Å². The molecule has 27 aromatic carbocycles. The molecule has 0 bridgehead atoms. The topological polar surface area (TPSA) is 0 Å². The molecule has 0 radical (unpaired) electrons. The number of hydrogen-bond donors (Lipinski definition) is 0. The van der Waals surface area contributed by atoms with Crippen LogP contribution in [0.4, 0.5) is 0 Å². The zero-order chi connectivity index (χ0) is 92.2. The van der Waals surface area contributed by atoms with Crippen LogP contribution in [0.2, 0.25) is 0 Å². The molecule has 141 heavy (non-hydrogen) atoms. The highest BCUT2D eigenvalue weighted by Crippen LogP contribution is 2.55. The quantitative estimate of drug-likeness (QED) is 0.0894. The Kier molecular flexibility index (Phi) is 17.9. The van der Waals surface area contributed by atoms with Gasteiger partial charge in [-0.3, -0.25) is 0 Å². The van der Waals surface area contributed by atoms with E-state index in [0.717, 1.165) is 0 Å². The summed E-state index contributed by atoms with van der Waals surface area (Å²) >= 11 is 5.70. The molecular formula is C138H80S3. The van der Waals surface area contributed by atoms with Crippen LogP contribution in [0, 0.1) is 0 Å². The summed E-state index contributed by atoms with van der Waals surface area (Å²) in [6.07, 6.45) is 0. The summed E-state index contributed by atoms with van der Waals surface area (Å²) in [5.74, 6) is 0. The van der Waals surface area contributed by atoms with E-state index in [-0.39, 0.29) is 0 Å². The largest absolute Gasteiger partial charge is 0.135 e. The smallest absolute Gasteiger partial charge is 0.0434 e. The molecule has 0 fully saturated rings. The van der Waals surface area contributed by atoms with E-state index in [0.29, 0.717) is 0 Å². The molecule has 3 heterocycles. The highest BCUT2D eigenvalue weighted by Gasteiger charge is 2.27. The van der Waals surface area contributed by atoms with Gasteiger partial charge in [0.25, 0.3) is 0 Å². The van der Waals surface area contributed by atoms with Crippen LogP contribution in [0.25, 0.3) is 312 Å². The Hall–Kier alpha value is -17.3. The zero-order valence-corrected chi connectivity index (χ0v) is 78.9. The molecule has 0 aliphatic rings. The van der Waals surface area contributed by atoms with Gasteiger partial charge in [0, 0.05) is 66.1 Å². The third-order valence-electron chi connectivity index (χ3n) is 30.5. The lowest BCUT2D eigenvalue weighted by atomic mass is 9.84. The van der Waals surface area contributed by atoms with Crippen LogP contribution in [0.1, 0.15) is 0 Å². The van der Waals surface area contributed by atoms with Crippen molar-refractivity contribution in [3.8, 4) is 122 Å². The van der Waals surface area contributed by atoms with Crippen LogP contribution >= 0.6 is 34.0 Å². The fourth-order valence-electron chi connectivity index (χ4n) is 24.3. The van der Waals surface area contributed by atoms with Gasteiger partial charge in [-0.25, -0.2) is 0 Å². The second-order valence-corrected chi connectivity index (χ2v) is 41.3. The van der Waals surface area contributed by atoms with Gasteiger partial charge in [-0.2, -0.15) is 0 Å². The lowest BCUT2D eigenvalue weighted by Gasteiger charge is -2.19. The van der Waals surface area contributed by atoms with Crippen molar-refractivity contribution < 1.29 is 0 Å². The first kappa shape index (κ1) is 79.9. The van der Waals surface area contributed by atoms with Gasteiger partial charge in [-0.05, 0) is 337 Å². The van der Waals surface area contributed by atoms with E-state index >= 15 is 0 Å². The molecule has 0 unspecified atom stereocenters. The molecule has 0 aliphatic carbocycles. The molecule has 0 atom stereocenters. The number of thiophene rings is 3. The number of hydrogen-bond acceptors (Lipinski definition) is 3. The van der Waals surface area contributed by atoms with Crippen LogP contribution < -0.4 is 0 Å². The molecule has 0 saturated carbocycles. The second-order valence-electron chi connectivity index (χ2n) is 38.1. The molecule has 3 aromatic heterocycles. The maximum atomic E-state index is 2.52. The lowest BCUT2D eigenvalue weighted by Crippen LogP contribution is -1.92. The van der Waals surface area contributed by atoms with E-state index in [2.05, 4.69) is 485 Å². The van der Waals surface area contributed by atoms with Crippen molar-refractivity contribution in [3.05, 3.63) is 485 Å². The van der Waals surface area contributed by atoms with E-state index in [1.165, 1.54) is 312 Å².